The summed E-state index contributed by atoms with van der Waals surface area (Å²) in [5.41, 5.74) is 7.64. The van der Waals surface area contributed by atoms with Crippen molar-refractivity contribution in [2.45, 2.75) is 6.42 Å². The van der Waals surface area contributed by atoms with Crippen LogP contribution < -0.4 is 5.73 Å². The molecule has 20 heavy (non-hydrogen) atoms. The normalized spacial score (nSPS) is 10.5. The maximum atomic E-state index is 12.2. The number of ether oxygens (including phenoxy) is 1. The number of hydrogen-bond acceptors (Lipinski definition) is 4. The van der Waals surface area contributed by atoms with E-state index in [1.807, 2.05) is 12.1 Å². The van der Waals surface area contributed by atoms with Gasteiger partial charge in [0, 0.05) is 19.0 Å². The molecule has 0 aliphatic rings. The minimum atomic E-state index is -0.342. The molecule has 6 heteroatoms. The molecule has 0 aliphatic carbocycles. The Hall–Kier alpha value is -2.50. The number of aromatic amines is 1. The molecule has 3 N–H and O–H groups in total. The Labute approximate surface area is 116 Å². The van der Waals surface area contributed by atoms with E-state index in [0.29, 0.717) is 17.9 Å². The number of fused-ring (bicyclic) bond motifs is 1. The Morgan fingerprint density at radius 1 is 1.40 bits per heavy atom. The maximum Gasteiger partial charge on any atom is 0.307 e. The van der Waals surface area contributed by atoms with Crippen molar-refractivity contribution in [1.82, 2.24) is 9.88 Å². The lowest BCUT2D eigenvalue weighted by Gasteiger charge is -2.15. The summed E-state index contributed by atoms with van der Waals surface area (Å²) in [5, 5.41) is 0.884. The van der Waals surface area contributed by atoms with Crippen molar-refractivity contribution in [3.05, 3.63) is 30.0 Å². The number of esters is 1. The van der Waals surface area contributed by atoms with Crippen LogP contribution in [0.2, 0.25) is 0 Å². The number of methoxy groups -OCH3 is 1. The largest absolute Gasteiger partial charge is 0.469 e. The first-order valence-corrected chi connectivity index (χ1v) is 6.22. The Bertz CT molecular complexity index is 648. The fourth-order valence-corrected chi connectivity index (χ4v) is 1.96. The van der Waals surface area contributed by atoms with E-state index in [1.165, 1.54) is 12.0 Å². The van der Waals surface area contributed by atoms with Crippen LogP contribution >= 0.6 is 0 Å². The quantitative estimate of drug-likeness (QED) is 0.652. The zero-order valence-electron chi connectivity index (χ0n) is 11.5. The minimum absolute atomic E-state index is 0.168. The van der Waals surface area contributed by atoms with Gasteiger partial charge in [0.2, 0.25) is 0 Å². The predicted octanol–water partition coefficient (Wildman–Crippen LogP) is 1.39. The van der Waals surface area contributed by atoms with Crippen LogP contribution in [0, 0.1) is 0 Å². The third-order valence-electron chi connectivity index (χ3n) is 3.14. The van der Waals surface area contributed by atoms with E-state index >= 15 is 0 Å². The number of para-hydroxylation sites is 1. The van der Waals surface area contributed by atoms with Crippen LogP contribution in [0.4, 0.5) is 5.69 Å². The van der Waals surface area contributed by atoms with Crippen LogP contribution in [-0.4, -0.2) is 42.5 Å². The van der Waals surface area contributed by atoms with Gasteiger partial charge in [-0.1, -0.05) is 12.1 Å². The zero-order valence-corrected chi connectivity index (χ0v) is 11.5. The lowest BCUT2D eigenvalue weighted by atomic mass is 10.2. The van der Waals surface area contributed by atoms with E-state index in [2.05, 4.69) is 9.72 Å². The minimum Gasteiger partial charge on any atom is -0.469 e. The molecule has 2 rings (SSSR count). The third kappa shape index (κ3) is 2.74. The fourth-order valence-electron chi connectivity index (χ4n) is 1.96. The number of carbonyl (C=O) groups is 2. The number of aromatic nitrogens is 1. The molecule has 0 fully saturated rings. The lowest BCUT2D eigenvalue weighted by molar-refractivity contribution is -0.140. The number of H-pyrrole nitrogens is 1. The monoisotopic (exact) mass is 275 g/mol. The van der Waals surface area contributed by atoms with Gasteiger partial charge in [-0.2, -0.15) is 0 Å². The van der Waals surface area contributed by atoms with E-state index in [1.54, 1.807) is 19.2 Å². The number of nitrogen functional groups attached to an aromatic ring is 1. The highest BCUT2D eigenvalue weighted by molar-refractivity contribution is 6.00. The first kappa shape index (κ1) is 13.9. The summed E-state index contributed by atoms with van der Waals surface area (Å²) >= 11 is 0. The number of benzene rings is 1. The molecule has 6 nitrogen and oxygen atoms in total. The highest BCUT2D eigenvalue weighted by Gasteiger charge is 2.16. The smallest absolute Gasteiger partial charge is 0.307 e. The molecule has 0 spiro atoms. The van der Waals surface area contributed by atoms with Gasteiger partial charge in [-0.05, 0) is 12.1 Å². The first-order chi connectivity index (χ1) is 9.52. The van der Waals surface area contributed by atoms with Gasteiger partial charge in [-0.15, -0.1) is 0 Å². The molecular weight excluding hydrogens is 258 g/mol. The number of nitrogens with two attached hydrogens (primary N) is 1. The van der Waals surface area contributed by atoms with Crippen LogP contribution in [0.25, 0.3) is 10.9 Å². The molecule has 1 aromatic heterocycles. The number of hydrogen-bond donors (Lipinski definition) is 2. The highest BCUT2D eigenvalue weighted by atomic mass is 16.5. The summed E-state index contributed by atoms with van der Waals surface area (Å²) in [6.45, 7) is 0.302. The molecule has 0 saturated heterocycles. The number of nitrogens with one attached hydrogen (secondary N) is 1. The first-order valence-electron chi connectivity index (χ1n) is 6.22. The average Bonchev–Trinajstić information content (AvgIpc) is 2.89. The Morgan fingerprint density at radius 3 is 2.80 bits per heavy atom. The second-order valence-electron chi connectivity index (χ2n) is 4.55. The van der Waals surface area contributed by atoms with Gasteiger partial charge in [0.05, 0.1) is 24.7 Å². The molecule has 2 aromatic rings. The number of nitrogens with zero attached hydrogens (tertiary/aromatic N) is 1. The van der Waals surface area contributed by atoms with Gasteiger partial charge >= 0.3 is 5.97 Å². The SMILES string of the molecule is COC(=O)CCN(C)C(=O)c1cc2cccc(N)c2[nH]1. The van der Waals surface area contributed by atoms with Crippen LogP contribution in [0.5, 0.6) is 0 Å². The summed E-state index contributed by atoms with van der Waals surface area (Å²) in [6.07, 6.45) is 0.168. The van der Waals surface area contributed by atoms with E-state index in [0.717, 1.165) is 10.9 Å². The van der Waals surface area contributed by atoms with Gasteiger partial charge in [-0.3, -0.25) is 9.59 Å². The van der Waals surface area contributed by atoms with Crippen molar-refractivity contribution in [3.63, 3.8) is 0 Å². The number of amides is 1. The Morgan fingerprint density at radius 2 is 2.15 bits per heavy atom. The molecular formula is C14H17N3O3. The number of rotatable bonds is 4. The molecule has 1 amide bonds. The van der Waals surface area contributed by atoms with Crippen molar-refractivity contribution >= 4 is 28.5 Å². The average molecular weight is 275 g/mol. The lowest BCUT2D eigenvalue weighted by Crippen LogP contribution is -2.29. The molecule has 0 saturated carbocycles. The topological polar surface area (TPSA) is 88.4 Å². The van der Waals surface area contributed by atoms with Crippen LogP contribution in [0.1, 0.15) is 16.9 Å². The van der Waals surface area contributed by atoms with Crippen molar-refractivity contribution < 1.29 is 14.3 Å². The molecule has 0 unspecified atom stereocenters. The molecule has 106 valence electrons. The van der Waals surface area contributed by atoms with Gasteiger partial charge < -0.3 is 20.4 Å². The highest BCUT2D eigenvalue weighted by Crippen LogP contribution is 2.21. The third-order valence-corrected chi connectivity index (χ3v) is 3.14. The van der Waals surface area contributed by atoms with Gasteiger partial charge in [0.1, 0.15) is 5.69 Å². The van der Waals surface area contributed by atoms with Gasteiger partial charge in [0.15, 0.2) is 0 Å². The molecule has 1 aromatic carbocycles. The predicted molar refractivity (Wildman–Crippen MR) is 76.3 cm³/mol. The van der Waals surface area contributed by atoms with Crippen molar-refractivity contribution in [3.8, 4) is 0 Å². The van der Waals surface area contributed by atoms with Crippen molar-refractivity contribution in [1.29, 1.82) is 0 Å². The summed E-state index contributed by atoms with van der Waals surface area (Å²) in [4.78, 5) is 27.8. The molecule has 1 heterocycles. The Kier molecular flexibility index (Phi) is 3.93. The van der Waals surface area contributed by atoms with Crippen LogP contribution in [0.15, 0.2) is 24.3 Å². The molecule has 0 aliphatic heterocycles. The zero-order chi connectivity index (χ0) is 14.7. The fraction of sp³-hybridized carbons (Fsp3) is 0.286. The molecule has 0 atom stereocenters. The summed E-state index contributed by atoms with van der Waals surface area (Å²) in [6, 6.07) is 7.24. The molecule has 0 bridgehead atoms. The van der Waals surface area contributed by atoms with Gasteiger partial charge in [0.25, 0.3) is 5.91 Å². The second-order valence-corrected chi connectivity index (χ2v) is 4.55. The molecule has 0 radical (unpaired) electrons. The maximum absolute atomic E-state index is 12.2. The Balaban J connectivity index is 2.14. The van der Waals surface area contributed by atoms with E-state index < -0.39 is 0 Å². The van der Waals surface area contributed by atoms with E-state index in [-0.39, 0.29) is 18.3 Å². The van der Waals surface area contributed by atoms with Gasteiger partial charge in [-0.25, -0.2) is 0 Å². The second kappa shape index (κ2) is 5.64. The summed E-state index contributed by atoms with van der Waals surface area (Å²) in [7, 11) is 2.96. The number of carbonyl (C=O) groups excluding carboxylic acids is 2. The number of anilines is 1. The van der Waals surface area contributed by atoms with Crippen molar-refractivity contribution in [2.24, 2.45) is 0 Å². The van der Waals surface area contributed by atoms with Crippen LogP contribution in [0.3, 0.4) is 0 Å². The standard InChI is InChI=1S/C14H17N3O3/c1-17(7-6-12(18)20-2)14(19)11-8-9-4-3-5-10(15)13(9)16-11/h3-5,8,16H,6-7,15H2,1-2H3. The van der Waals surface area contributed by atoms with Crippen LogP contribution in [-0.2, 0) is 9.53 Å². The van der Waals surface area contributed by atoms with E-state index in [9.17, 15) is 9.59 Å². The van der Waals surface area contributed by atoms with E-state index in [4.69, 9.17) is 5.73 Å². The van der Waals surface area contributed by atoms with Crippen molar-refractivity contribution in [2.75, 3.05) is 26.4 Å². The summed E-state index contributed by atoms with van der Waals surface area (Å²) in [5.74, 6) is -0.532. The summed E-state index contributed by atoms with van der Waals surface area (Å²) < 4.78 is 4.55.